The van der Waals surface area contributed by atoms with Crippen LogP contribution in [0.15, 0.2) is 18.3 Å². The van der Waals surface area contributed by atoms with Crippen molar-refractivity contribution in [1.29, 1.82) is 5.26 Å². The molecule has 1 unspecified atom stereocenters. The molecule has 22 heavy (non-hydrogen) atoms. The number of carbonyl (C=O) groups is 1. The van der Waals surface area contributed by atoms with Gasteiger partial charge in [-0.2, -0.15) is 5.26 Å². The molecule has 1 aliphatic rings. The number of aromatic nitrogens is 1. The van der Waals surface area contributed by atoms with Crippen LogP contribution in [0.4, 0.5) is 11.5 Å². The molecule has 1 aliphatic heterocycles. The quantitative estimate of drug-likeness (QED) is 0.783. The van der Waals surface area contributed by atoms with E-state index in [4.69, 9.17) is 15.1 Å². The third kappa shape index (κ3) is 4.09. The predicted molar refractivity (Wildman–Crippen MR) is 81.9 cm³/mol. The summed E-state index contributed by atoms with van der Waals surface area (Å²) in [7, 11) is 0. The maximum Gasteiger partial charge on any atom is 0.308 e. The molecule has 1 N–H and O–H groups in total. The largest absolute Gasteiger partial charge is 0.481 e. The number of carboxylic acid groups (broad SMARTS) is 1. The normalized spacial score (nSPS) is 15.9. The van der Waals surface area contributed by atoms with Gasteiger partial charge in [-0.3, -0.25) is 4.79 Å². The van der Waals surface area contributed by atoms with Gasteiger partial charge in [0.05, 0.1) is 37.1 Å². The molecule has 1 atom stereocenters. The zero-order valence-electron chi connectivity index (χ0n) is 12.6. The van der Waals surface area contributed by atoms with Gasteiger partial charge in [-0.05, 0) is 12.1 Å². The second kappa shape index (κ2) is 7.61. The molecule has 1 aromatic heterocycles. The Morgan fingerprint density at radius 3 is 2.82 bits per heavy atom. The van der Waals surface area contributed by atoms with Crippen molar-refractivity contribution in [3.63, 3.8) is 0 Å². The third-order valence-electron chi connectivity index (χ3n) is 3.61. The van der Waals surface area contributed by atoms with E-state index in [2.05, 4.69) is 16.0 Å². The number of hydrogen-bond donors (Lipinski definition) is 1. The fraction of sp³-hybridized carbons (Fsp3) is 0.533. The van der Waals surface area contributed by atoms with E-state index in [-0.39, 0.29) is 13.1 Å². The third-order valence-corrected chi connectivity index (χ3v) is 3.61. The summed E-state index contributed by atoms with van der Waals surface area (Å²) in [5.74, 6) is -0.552. The minimum atomic E-state index is -0.874. The predicted octanol–water partition coefficient (Wildman–Crippen LogP) is 0.969. The Hall–Kier alpha value is -2.33. The number of carboxylic acids is 1. The summed E-state index contributed by atoms with van der Waals surface area (Å²) in [6.45, 7) is 5.05. The summed E-state index contributed by atoms with van der Waals surface area (Å²) < 4.78 is 5.31. The topological polar surface area (TPSA) is 89.7 Å². The number of nitrogens with zero attached hydrogens (tertiary/aromatic N) is 4. The first kappa shape index (κ1) is 16.0. The lowest BCUT2D eigenvalue weighted by Gasteiger charge is -2.28. The van der Waals surface area contributed by atoms with Crippen LogP contribution in [0, 0.1) is 17.2 Å². The highest BCUT2D eigenvalue weighted by molar-refractivity contribution is 5.70. The Morgan fingerprint density at radius 2 is 2.27 bits per heavy atom. The van der Waals surface area contributed by atoms with Gasteiger partial charge in [-0.25, -0.2) is 4.98 Å². The van der Waals surface area contributed by atoms with E-state index >= 15 is 0 Å². The lowest BCUT2D eigenvalue weighted by atomic mass is 10.1. The molecule has 7 heteroatoms. The highest BCUT2D eigenvalue weighted by Gasteiger charge is 2.18. The lowest BCUT2D eigenvalue weighted by Crippen LogP contribution is -2.37. The highest BCUT2D eigenvalue weighted by atomic mass is 16.5. The van der Waals surface area contributed by atoms with Crippen molar-refractivity contribution in [3.05, 3.63) is 18.3 Å². The number of anilines is 2. The average molecular weight is 304 g/mol. The molecular weight excluding hydrogens is 284 g/mol. The Labute approximate surface area is 129 Å². The van der Waals surface area contributed by atoms with Crippen LogP contribution in [0.5, 0.6) is 0 Å². The minimum Gasteiger partial charge on any atom is -0.481 e. The monoisotopic (exact) mass is 304 g/mol. The number of aliphatic carboxylic acids is 1. The van der Waals surface area contributed by atoms with Crippen LogP contribution in [-0.4, -0.2) is 55.5 Å². The maximum atomic E-state index is 11.0. The molecule has 0 saturated carbocycles. The summed E-state index contributed by atoms with van der Waals surface area (Å²) in [6.07, 6.45) is 1.69. The highest BCUT2D eigenvalue weighted by Crippen LogP contribution is 2.19. The number of ether oxygens (including phenoxy) is 1. The molecule has 1 saturated heterocycles. The molecule has 118 valence electrons. The number of hydrogen-bond acceptors (Lipinski definition) is 6. The molecular formula is C15H20N4O3. The summed E-state index contributed by atoms with van der Waals surface area (Å²) in [5.41, 5.74) is 0.756. The van der Waals surface area contributed by atoms with E-state index in [1.54, 1.807) is 18.0 Å². The molecule has 0 radical (unpaired) electrons. The second-order valence-corrected chi connectivity index (χ2v) is 5.25. The van der Waals surface area contributed by atoms with Crippen molar-refractivity contribution >= 4 is 17.5 Å². The van der Waals surface area contributed by atoms with Crippen LogP contribution in [0.2, 0.25) is 0 Å². The fourth-order valence-electron chi connectivity index (χ4n) is 2.30. The molecule has 0 aromatic carbocycles. The van der Waals surface area contributed by atoms with Crippen LogP contribution in [0.3, 0.4) is 0 Å². The van der Waals surface area contributed by atoms with Crippen molar-refractivity contribution in [3.8, 4) is 6.07 Å². The van der Waals surface area contributed by atoms with Gasteiger partial charge in [-0.15, -0.1) is 0 Å². The van der Waals surface area contributed by atoms with Crippen molar-refractivity contribution in [2.24, 2.45) is 5.92 Å². The standard InChI is InChI=1S/C15H20N4O3/c1-12(15(20)21)11-19(5-4-16)13-2-3-14(17-10-13)18-6-8-22-9-7-18/h2-3,10,12H,5-9,11H2,1H3,(H,20,21). The molecule has 1 fully saturated rings. The van der Waals surface area contributed by atoms with E-state index in [1.165, 1.54) is 0 Å². The summed E-state index contributed by atoms with van der Waals surface area (Å²) in [6, 6.07) is 5.84. The number of nitriles is 1. The fourth-order valence-corrected chi connectivity index (χ4v) is 2.30. The number of pyridine rings is 1. The number of morpholine rings is 1. The average Bonchev–Trinajstić information content (AvgIpc) is 2.55. The number of rotatable bonds is 6. The van der Waals surface area contributed by atoms with E-state index < -0.39 is 11.9 Å². The zero-order chi connectivity index (χ0) is 15.9. The minimum absolute atomic E-state index is 0.135. The molecule has 0 bridgehead atoms. The summed E-state index contributed by atoms with van der Waals surface area (Å²) >= 11 is 0. The summed E-state index contributed by atoms with van der Waals surface area (Å²) in [4.78, 5) is 19.3. The van der Waals surface area contributed by atoms with Crippen LogP contribution in [0.1, 0.15) is 6.92 Å². The van der Waals surface area contributed by atoms with Crippen LogP contribution >= 0.6 is 0 Å². The van der Waals surface area contributed by atoms with Crippen molar-refractivity contribution in [2.45, 2.75) is 6.92 Å². The first-order valence-corrected chi connectivity index (χ1v) is 7.25. The Balaban J connectivity index is 2.08. The van der Waals surface area contributed by atoms with Crippen molar-refractivity contribution in [2.75, 3.05) is 49.2 Å². The van der Waals surface area contributed by atoms with Crippen LogP contribution in [0.25, 0.3) is 0 Å². The van der Waals surface area contributed by atoms with Gasteiger partial charge >= 0.3 is 5.97 Å². The van der Waals surface area contributed by atoms with Crippen LogP contribution in [-0.2, 0) is 9.53 Å². The van der Waals surface area contributed by atoms with Gasteiger partial charge < -0.3 is 19.6 Å². The van der Waals surface area contributed by atoms with Gasteiger partial charge in [0, 0.05) is 19.6 Å². The first-order chi connectivity index (χ1) is 10.6. The van der Waals surface area contributed by atoms with Crippen LogP contribution < -0.4 is 9.80 Å². The SMILES string of the molecule is CC(CN(CC#N)c1ccc(N2CCOCC2)nc1)C(=O)O. The van der Waals surface area contributed by atoms with E-state index in [1.807, 2.05) is 12.1 Å². The second-order valence-electron chi connectivity index (χ2n) is 5.25. The van der Waals surface area contributed by atoms with Gasteiger partial charge in [0.15, 0.2) is 0 Å². The zero-order valence-corrected chi connectivity index (χ0v) is 12.6. The van der Waals surface area contributed by atoms with Gasteiger partial charge in [0.2, 0.25) is 0 Å². The van der Waals surface area contributed by atoms with Gasteiger partial charge in [0.1, 0.15) is 12.4 Å². The molecule has 1 aromatic rings. The Morgan fingerprint density at radius 1 is 1.55 bits per heavy atom. The van der Waals surface area contributed by atoms with E-state index in [9.17, 15) is 4.79 Å². The van der Waals surface area contributed by atoms with Gasteiger partial charge in [0.25, 0.3) is 0 Å². The molecule has 2 rings (SSSR count). The first-order valence-electron chi connectivity index (χ1n) is 7.25. The van der Waals surface area contributed by atoms with Gasteiger partial charge in [-0.1, -0.05) is 6.92 Å². The Kier molecular flexibility index (Phi) is 5.55. The van der Waals surface area contributed by atoms with Crippen molar-refractivity contribution in [1.82, 2.24) is 4.98 Å². The molecule has 0 aliphatic carbocycles. The molecule has 0 spiro atoms. The molecule has 7 nitrogen and oxygen atoms in total. The smallest absolute Gasteiger partial charge is 0.308 e. The summed E-state index contributed by atoms with van der Waals surface area (Å²) in [5, 5.41) is 17.9. The maximum absolute atomic E-state index is 11.0. The Bertz CT molecular complexity index is 535. The lowest BCUT2D eigenvalue weighted by molar-refractivity contribution is -0.140. The van der Waals surface area contributed by atoms with E-state index in [0.717, 1.165) is 24.6 Å². The molecule has 0 amide bonds. The van der Waals surface area contributed by atoms with E-state index in [0.29, 0.717) is 13.2 Å². The molecule has 2 heterocycles. The van der Waals surface area contributed by atoms with Crippen molar-refractivity contribution < 1.29 is 14.6 Å².